The Morgan fingerprint density at radius 3 is 2.44 bits per heavy atom. The van der Waals surface area contributed by atoms with Crippen LogP contribution in [0.5, 0.6) is 11.6 Å². The fourth-order valence-electron chi connectivity index (χ4n) is 1.11. The summed E-state index contributed by atoms with van der Waals surface area (Å²) in [5.41, 5.74) is -0.716. The van der Waals surface area contributed by atoms with E-state index in [-0.39, 0.29) is 17.2 Å². The number of aromatic nitrogens is 1. The molecule has 0 bridgehead atoms. The van der Waals surface area contributed by atoms with E-state index in [4.69, 9.17) is 16.3 Å². The lowest BCUT2D eigenvalue weighted by Gasteiger charge is -2.10. The third-order valence-electron chi connectivity index (χ3n) is 1.81. The number of carbonyl (C=O) groups excluding carboxylic acids is 1. The predicted molar refractivity (Wildman–Crippen MR) is 52.5 cm³/mol. The summed E-state index contributed by atoms with van der Waals surface area (Å²) in [6, 6.07) is 1.07. The zero-order valence-corrected chi connectivity index (χ0v) is 9.22. The van der Waals surface area contributed by atoms with E-state index >= 15 is 0 Å². The van der Waals surface area contributed by atoms with Gasteiger partial charge in [0.05, 0.1) is 19.8 Å². The van der Waals surface area contributed by atoms with E-state index in [0.717, 1.165) is 6.07 Å². The van der Waals surface area contributed by atoms with Gasteiger partial charge in [0.1, 0.15) is 5.75 Å². The van der Waals surface area contributed by atoms with Crippen molar-refractivity contribution in [3.05, 3.63) is 17.3 Å². The molecule has 0 saturated carbocycles. The predicted octanol–water partition coefficient (Wildman–Crippen LogP) is 2.42. The first-order chi connectivity index (χ1) is 7.51. The fraction of sp³-hybridized carbons (Fsp3) is 0.333. The summed E-state index contributed by atoms with van der Waals surface area (Å²) in [5.74, 6) is -0.462. The molecule has 16 heavy (non-hydrogen) atoms. The fourth-order valence-corrected chi connectivity index (χ4v) is 1.24. The van der Waals surface area contributed by atoms with Gasteiger partial charge in [0.2, 0.25) is 5.88 Å². The second-order valence-electron chi connectivity index (χ2n) is 2.71. The molecule has 0 aliphatic heterocycles. The number of rotatable bonds is 4. The van der Waals surface area contributed by atoms with Crippen LogP contribution in [0.15, 0.2) is 6.07 Å². The van der Waals surface area contributed by atoms with Crippen LogP contribution in [0.4, 0.5) is 8.78 Å². The van der Waals surface area contributed by atoms with Crippen LogP contribution in [0.25, 0.3) is 0 Å². The zero-order chi connectivity index (χ0) is 12.3. The van der Waals surface area contributed by atoms with E-state index < -0.39 is 17.4 Å². The van der Waals surface area contributed by atoms with Crippen molar-refractivity contribution in [3.63, 3.8) is 0 Å². The summed E-state index contributed by atoms with van der Waals surface area (Å²) in [4.78, 5) is 14.5. The Bertz CT molecular complexity index is 412. The van der Waals surface area contributed by atoms with Crippen LogP contribution >= 0.6 is 11.6 Å². The van der Waals surface area contributed by atoms with Crippen molar-refractivity contribution in [1.82, 2.24) is 4.98 Å². The van der Waals surface area contributed by atoms with Gasteiger partial charge in [-0.25, -0.2) is 13.8 Å². The molecule has 4 nitrogen and oxygen atoms in total. The molecule has 1 heterocycles. The van der Waals surface area contributed by atoms with Crippen LogP contribution in [-0.4, -0.2) is 24.4 Å². The molecular weight excluding hydrogens is 244 g/mol. The van der Waals surface area contributed by atoms with Crippen LogP contribution in [0, 0.1) is 0 Å². The van der Waals surface area contributed by atoms with E-state index in [2.05, 4.69) is 9.72 Å². The van der Waals surface area contributed by atoms with Crippen LogP contribution in [-0.2, 0) is 0 Å². The minimum Gasteiger partial charge on any atom is -0.495 e. The smallest absolute Gasteiger partial charge is 0.284 e. The number of pyridine rings is 1. The number of methoxy groups -OCH3 is 2. The normalized spacial score (nSPS) is 10.4. The van der Waals surface area contributed by atoms with Crippen molar-refractivity contribution in [1.29, 1.82) is 0 Å². The molecule has 7 heteroatoms. The zero-order valence-electron chi connectivity index (χ0n) is 8.46. The maximum Gasteiger partial charge on any atom is 0.284 e. The number of halogens is 3. The molecule has 0 aromatic carbocycles. The summed E-state index contributed by atoms with van der Waals surface area (Å²) >= 11 is 5.25. The second-order valence-corrected chi connectivity index (χ2v) is 3.05. The largest absolute Gasteiger partial charge is 0.495 e. The van der Waals surface area contributed by atoms with Crippen molar-refractivity contribution in [2.45, 2.75) is 6.43 Å². The van der Waals surface area contributed by atoms with Crippen molar-refractivity contribution in [3.8, 4) is 11.6 Å². The highest BCUT2D eigenvalue weighted by molar-refractivity contribution is 6.68. The average Bonchev–Trinajstić information content (AvgIpc) is 2.26. The number of hydrogen-bond donors (Lipinski definition) is 0. The lowest BCUT2D eigenvalue weighted by atomic mass is 10.2. The Morgan fingerprint density at radius 2 is 2.06 bits per heavy atom. The standard InChI is InChI=1S/C9H8ClF2NO3/c1-15-5-3-4(7(10)14)9(16-2)13-6(5)8(11)12/h3,8H,1-2H3. The minimum atomic E-state index is -2.83. The van der Waals surface area contributed by atoms with E-state index in [1.165, 1.54) is 14.2 Å². The van der Waals surface area contributed by atoms with E-state index in [1.807, 2.05) is 0 Å². The average molecular weight is 252 g/mol. The van der Waals surface area contributed by atoms with Crippen molar-refractivity contribution >= 4 is 16.8 Å². The van der Waals surface area contributed by atoms with Gasteiger partial charge < -0.3 is 9.47 Å². The Balaban J connectivity index is 3.40. The summed E-state index contributed by atoms with van der Waals surface area (Å²) in [7, 11) is 2.39. The van der Waals surface area contributed by atoms with Crippen molar-refractivity contribution in [2.75, 3.05) is 14.2 Å². The summed E-state index contributed by atoms with van der Waals surface area (Å²) in [6.07, 6.45) is -2.83. The number of ether oxygens (including phenoxy) is 2. The number of alkyl halides is 2. The summed E-state index contributed by atoms with van der Waals surface area (Å²) in [5, 5.41) is -0.858. The molecule has 0 radical (unpaired) electrons. The minimum absolute atomic E-state index is 0.120. The van der Waals surface area contributed by atoms with Gasteiger partial charge in [-0.05, 0) is 17.7 Å². The third-order valence-corrected chi connectivity index (χ3v) is 2.02. The molecule has 88 valence electrons. The van der Waals surface area contributed by atoms with Gasteiger partial charge in [0, 0.05) is 0 Å². The number of hydrogen-bond acceptors (Lipinski definition) is 4. The maximum atomic E-state index is 12.5. The molecule has 0 aliphatic carbocycles. The molecule has 0 N–H and O–H groups in total. The van der Waals surface area contributed by atoms with Crippen LogP contribution in [0.1, 0.15) is 22.5 Å². The Labute approximate surface area is 95.1 Å². The van der Waals surface area contributed by atoms with Crippen molar-refractivity contribution < 1.29 is 23.0 Å². The van der Waals surface area contributed by atoms with Gasteiger partial charge in [0.25, 0.3) is 11.7 Å². The van der Waals surface area contributed by atoms with Gasteiger partial charge in [-0.15, -0.1) is 0 Å². The maximum absolute atomic E-state index is 12.5. The van der Waals surface area contributed by atoms with E-state index in [1.54, 1.807) is 0 Å². The monoisotopic (exact) mass is 251 g/mol. The molecule has 0 fully saturated rings. The van der Waals surface area contributed by atoms with E-state index in [9.17, 15) is 13.6 Å². The Hall–Kier alpha value is -1.43. The number of nitrogens with zero attached hydrogens (tertiary/aromatic N) is 1. The summed E-state index contributed by atoms with van der Waals surface area (Å²) in [6.45, 7) is 0. The summed E-state index contributed by atoms with van der Waals surface area (Å²) < 4.78 is 34.5. The lowest BCUT2D eigenvalue weighted by Crippen LogP contribution is -2.04. The molecule has 0 amide bonds. The van der Waals surface area contributed by atoms with Crippen molar-refractivity contribution in [2.24, 2.45) is 0 Å². The first-order valence-electron chi connectivity index (χ1n) is 4.12. The SMILES string of the molecule is COc1cc(C(=O)Cl)c(OC)nc1C(F)F. The Kier molecular flexibility index (Phi) is 4.00. The highest BCUT2D eigenvalue weighted by Gasteiger charge is 2.22. The van der Waals surface area contributed by atoms with Crippen LogP contribution < -0.4 is 9.47 Å². The molecule has 0 atom stereocenters. The second kappa shape index (κ2) is 5.07. The van der Waals surface area contributed by atoms with Crippen LogP contribution in [0.2, 0.25) is 0 Å². The highest BCUT2D eigenvalue weighted by atomic mass is 35.5. The first kappa shape index (κ1) is 12.6. The van der Waals surface area contributed by atoms with Gasteiger partial charge in [-0.1, -0.05) is 0 Å². The molecule has 1 aromatic rings. The topological polar surface area (TPSA) is 48.4 Å². The number of carbonyl (C=O) groups is 1. The molecule has 0 saturated heterocycles. The first-order valence-corrected chi connectivity index (χ1v) is 4.50. The van der Waals surface area contributed by atoms with Gasteiger partial charge in [-0.2, -0.15) is 0 Å². The van der Waals surface area contributed by atoms with Gasteiger partial charge in [0.15, 0.2) is 5.69 Å². The van der Waals surface area contributed by atoms with Gasteiger partial charge in [-0.3, -0.25) is 4.79 Å². The quantitative estimate of drug-likeness (QED) is 0.771. The molecule has 1 aromatic heterocycles. The van der Waals surface area contributed by atoms with E-state index in [0.29, 0.717) is 0 Å². The molecule has 1 rings (SSSR count). The molecule has 0 unspecified atom stereocenters. The molecule has 0 spiro atoms. The molecule has 0 aliphatic rings. The van der Waals surface area contributed by atoms with Crippen LogP contribution in [0.3, 0.4) is 0 Å². The molecular formula is C9H8ClF2NO3. The highest BCUT2D eigenvalue weighted by Crippen LogP contribution is 2.32. The lowest BCUT2D eigenvalue weighted by molar-refractivity contribution is 0.107. The third kappa shape index (κ3) is 2.38. The Morgan fingerprint density at radius 1 is 1.44 bits per heavy atom. The van der Waals surface area contributed by atoms with Gasteiger partial charge >= 0.3 is 0 Å².